The number of aromatic nitrogens is 1. The summed E-state index contributed by atoms with van der Waals surface area (Å²) < 4.78 is 5.36. The molecule has 0 amide bonds. The lowest BCUT2D eigenvalue weighted by molar-refractivity contribution is 0.231. The third-order valence-corrected chi connectivity index (χ3v) is 3.66. The van der Waals surface area contributed by atoms with Crippen LogP contribution in [-0.4, -0.2) is 42.6 Å². The number of hydrogen-bond donors (Lipinski definition) is 1. The van der Waals surface area contributed by atoms with Crippen LogP contribution in [0.1, 0.15) is 18.4 Å². The summed E-state index contributed by atoms with van der Waals surface area (Å²) in [7, 11) is 0. The number of nitrogens with one attached hydrogen (secondary N) is 1. The van der Waals surface area contributed by atoms with E-state index in [1.165, 1.54) is 12.0 Å². The first-order valence-electron chi connectivity index (χ1n) is 6.60. The molecule has 0 spiro atoms. The molecule has 0 radical (unpaired) electrons. The van der Waals surface area contributed by atoms with E-state index < -0.39 is 0 Å². The Kier molecular flexibility index (Phi) is 3.30. The van der Waals surface area contributed by atoms with E-state index in [-0.39, 0.29) is 0 Å². The zero-order valence-electron chi connectivity index (χ0n) is 10.7. The average molecular weight is 245 g/mol. The molecule has 4 heteroatoms. The Bertz CT molecular complexity index is 516. The Hall–Kier alpha value is -1.39. The molecule has 2 heterocycles. The quantitative estimate of drug-likeness (QED) is 0.896. The molecular weight excluding hydrogens is 226 g/mol. The maximum atomic E-state index is 5.36. The van der Waals surface area contributed by atoms with E-state index in [1.807, 2.05) is 6.07 Å². The lowest BCUT2D eigenvalue weighted by atomic mass is 9.99. The van der Waals surface area contributed by atoms with Gasteiger partial charge >= 0.3 is 0 Å². The van der Waals surface area contributed by atoms with E-state index >= 15 is 0 Å². The molecule has 4 nitrogen and oxygen atoms in total. The van der Waals surface area contributed by atoms with Crippen molar-refractivity contribution in [1.82, 2.24) is 15.2 Å². The molecule has 2 aromatic rings. The van der Waals surface area contributed by atoms with Crippen LogP contribution >= 0.6 is 0 Å². The molecule has 1 atom stereocenters. The molecule has 1 aromatic carbocycles. The molecule has 1 N–H and O–H groups in total. The normalized spacial score (nSPS) is 19.2. The number of hydrogen-bond acceptors (Lipinski definition) is 4. The van der Waals surface area contributed by atoms with Gasteiger partial charge in [0.15, 0.2) is 12.0 Å². The standard InChI is InChI=1S/C14H19N3O/c1-11(9-17-7-5-15-6-8-17)12-3-2-4-13-14(12)16-10-18-13/h2-4,10-11,15H,5-9H2,1H3. The van der Waals surface area contributed by atoms with E-state index in [1.54, 1.807) is 0 Å². The maximum absolute atomic E-state index is 5.36. The van der Waals surface area contributed by atoms with E-state index in [0.29, 0.717) is 5.92 Å². The lowest BCUT2D eigenvalue weighted by Gasteiger charge is -2.29. The molecule has 1 aliphatic heterocycles. The molecule has 0 bridgehead atoms. The summed E-state index contributed by atoms with van der Waals surface area (Å²) in [6, 6.07) is 6.19. The average Bonchev–Trinajstić information content (AvgIpc) is 2.87. The molecule has 1 unspecified atom stereocenters. The van der Waals surface area contributed by atoms with Gasteiger partial charge < -0.3 is 14.6 Å². The van der Waals surface area contributed by atoms with E-state index in [9.17, 15) is 0 Å². The van der Waals surface area contributed by atoms with Crippen LogP contribution in [0.25, 0.3) is 11.1 Å². The topological polar surface area (TPSA) is 41.3 Å². The summed E-state index contributed by atoms with van der Waals surface area (Å²) in [6.07, 6.45) is 1.53. The number of piperazine rings is 1. The van der Waals surface area contributed by atoms with Crippen LogP contribution in [0, 0.1) is 0 Å². The summed E-state index contributed by atoms with van der Waals surface area (Å²) >= 11 is 0. The highest BCUT2D eigenvalue weighted by Gasteiger charge is 2.17. The number of benzene rings is 1. The summed E-state index contributed by atoms with van der Waals surface area (Å²) in [5.41, 5.74) is 3.19. The van der Waals surface area contributed by atoms with Crippen molar-refractivity contribution in [3.63, 3.8) is 0 Å². The molecule has 1 fully saturated rings. The van der Waals surface area contributed by atoms with Crippen molar-refractivity contribution in [3.8, 4) is 0 Å². The summed E-state index contributed by atoms with van der Waals surface area (Å²) in [5, 5.41) is 3.38. The zero-order valence-corrected chi connectivity index (χ0v) is 10.7. The second-order valence-electron chi connectivity index (χ2n) is 5.00. The fourth-order valence-corrected chi connectivity index (χ4v) is 2.69. The Morgan fingerprint density at radius 2 is 2.22 bits per heavy atom. The molecule has 1 saturated heterocycles. The SMILES string of the molecule is CC(CN1CCNCC1)c1cccc2ocnc12. The maximum Gasteiger partial charge on any atom is 0.181 e. The fourth-order valence-electron chi connectivity index (χ4n) is 2.69. The minimum atomic E-state index is 0.483. The molecule has 3 rings (SSSR count). The number of rotatable bonds is 3. The minimum Gasteiger partial charge on any atom is -0.443 e. The highest BCUT2D eigenvalue weighted by atomic mass is 16.3. The minimum absolute atomic E-state index is 0.483. The largest absolute Gasteiger partial charge is 0.443 e. The van der Waals surface area contributed by atoms with Crippen LogP contribution < -0.4 is 5.32 Å². The van der Waals surface area contributed by atoms with Crippen LogP contribution in [0.5, 0.6) is 0 Å². The number of para-hydroxylation sites is 1. The van der Waals surface area contributed by atoms with E-state index in [2.05, 4.69) is 34.3 Å². The molecule has 1 aliphatic rings. The van der Waals surface area contributed by atoms with Crippen molar-refractivity contribution in [2.24, 2.45) is 0 Å². The van der Waals surface area contributed by atoms with Crippen LogP contribution in [0.15, 0.2) is 29.0 Å². The third-order valence-electron chi connectivity index (χ3n) is 3.66. The molecule has 0 saturated carbocycles. The van der Waals surface area contributed by atoms with Gasteiger partial charge in [0.25, 0.3) is 0 Å². The van der Waals surface area contributed by atoms with Gasteiger partial charge in [-0.2, -0.15) is 0 Å². The van der Waals surface area contributed by atoms with Gasteiger partial charge in [-0.3, -0.25) is 0 Å². The van der Waals surface area contributed by atoms with Crippen LogP contribution in [0.3, 0.4) is 0 Å². The first kappa shape index (κ1) is 11.7. The molecule has 0 aliphatic carbocycles. The monoisotopic (exact) mass is 245 g/mol. The van der Waals surface area contributed by atoms with Crippen LogP contribution in [0.4, 0.5) is 0 Å². The fraction of sp³-hybridized carbons (Fsp3) is 0.500. The second kappa shape index (κ2) is 5.08. The van der Waals surface area contributed by atoms with Crippen molar-refractivity contribution >= 4 is 11.1 Å². The van der Waals surface area contributed by atoms with Gasteiger partial charge in [0.05, 0.1) is 0 Å². The molecule has 1 aromatic heterocycles. The van der Waals surface area contributed by atoms with Gasteiger partial charge in [-0.15, -0.1) is 0 Å². The summed E-state index contributed by atoms with van der Waals surface area (Å²) in [6.45, 7) is 7.83. The molecule has 18 heavy (non-hydrogen) atoms. The van der Waals surface area contributed by atoms with Crippen molar-refractivity contribution in [2.45, 2.75) is 12.8 Å². The van der Waals surface area contributed by atoms with E-state index in [0.717, 1.165) is 43.8 Å². The van der Waals surface area contributed by atoms with Crippen molar-refractivity contribution in [2.75, 3.05) is 32.7 Å². The number of oxazole rings is 1. The van der Waals surface area contributed by atoms with Gasteiger partial charge in [-0.1, -0.05) is 19.1 Å². The number of nitrogens with zero attached hydrogens (tertiary/aromatic N) is 2. The van der Waals surface area contributed by atoms with E-state index in [4.69, 9.17) is 4.42 Å². The van der Waals surface area contributed by atoms with Gasteiger partial charge in [0.1, 0.15) is 5.52 Å². The van der Waals surface area contributed by atoms with Gasteiger partial charge in [0, 0.05) is 32.7 Å². The van der Waals surface area contributed by atoms with Crippen molar-refractivity contribution in [3.05, 3.63) is 30.2 Å². The van der Waals surface area contributed by atoms with Crippen molar-refractivity contribution in [1.29, 1.82) is 0 Å². The molecule has 96 valence electrons. The lowest BCUT2D eigenvalue weighted by Crippen LogP contribution is -2.44. The summed E-state index contributed by atoms with van der Waals surface area (Å²) in [4.78, 5) is 6.85. The Morgan fingerprint density at radius 1 is 1.39 bits per heavy atom. The number of fused-ring (bicyclic) bond motifs is 1. The Labute approximate surface area is 107 Å². The second-order valence-corrected chi connectivity index (χ2v) is 5.00. The summed E-state index contributed by atoms with van der Waals surface area (Å²) in [5.74, 6) is 0.483. The van der Waals surface area contributed by atoms with Crippen molar-refractivity contribution < 1.29 is 4.42 Å². The Balaban J connectivity index is 1.78. The highest BCUT2D eigenvalue weighted by Crippen LogP contribution is 2.25. The van der Waals surface area contributed by atoms with Gasteiger partial charge in [0.2, 0.25) is 0 Å². The van der Waals surface area contributed by atoms with Gasteiger partial charge in [-0.05, 0) is 17.5 Å². The zero-order chi connectivity index (χ0) is 12.4. The predicted molar refractivity (Wildman–Crippen MR) is 71.7 cm³/mol. The first-order valence-corrected chi connectivity index (χ1v) is 6.60. The first-order chi connectivity index (χ1) is 8.84. The smallest absolute Gasteiger partial charge is 0.181 e. The van der Waals surface area contributed by atoms with Crippen LogP contribution in [0.2, 0.25) is 0 Å². The van der Waals surface area contributed by atoms with Crippen LogP contribution in [-0.2, 0) is 0 Å². The third kappa shape index (κ3) is 2.26. The Morgan fingerprint density at radius 3 is 3.06 bits per heavy atom. The highest BCUT2D eigenvalue weighted by molar-refractivity contribution is 5.76. The van der Waals surface area contributed by atoms with Gasteiger partial charge in [-0.25, -0.2) is 4.98 Å². The molecular formula is C14H19N3O. The predicted octanol–water partition coefficient (Wildman–Crippen LogP) is 1.84.